The van der Waals surface area contributed by atoms with Gasteiger partial charge in [-0.05, 0) is 43.6 Å². The number of aliphatic imine (C=N–C) groups is 1. The molecule has 0 aliphatic carbocycles. The van der Waals surface area contributed by atoms with Crippen LogP contribution in [0.5, 0.6) is 0 Å². The fourth-order valence-corrected chi connectivity index (χ4v) is 3.14. The number of nitrogens with zero attached hydrogens (tertiary/aromatic N) is 2. The van der Waals surface area contributed by atoms with Gasteiger partial charge in [0.25, 0.3) is 0 Å². The second-order valence-electron chi connectivity index (χ2n) is 6.20. The minimum Gasteiger partial charge on any atom is -0.468 e. The molecule has 0 saturated carbocycles. The van der Waals surface area contributed by atoms with Gasteiger partial charge in [0, 0.05) is 6.54 Å². The van der Waals surface area contributed by atoms with E-state index in [1.165, 1.54) is 19.3 Å². The summed E-state index contributed by atoms with van der Waals surface area (Å²) in [7, 11) is 0. The molecule has 1 fully saturated rings. The number of nitrogens with two attached hydrogens (primary N) is 1. The van der Waals surface area contributed by atoms with Crippen molar-refractivity contribution in [2.24, 2.45) is 10.7 Å². The Morgan fingerprint density at radius 3 is 2.62 bits per heavy atom. The number of hydrogen-bond donors (Lipinski definition) is 2. The van der Waals surface area contributed by atoms with E-state index in [1.807, 2.05) is 30.3 Å². The Labute approximate surface area is 143 Å². The summed E-state index contributed by atoms with van der Waals surface area (Å²) in [6.45, 7) is 3.51. The van der Waals surface area contributed by atoms with E-state index in [1.54, 1.807) is 6.26 Å². The molecule has 24 heavy (non-hydrogen) atoms. The summed E-state index contributed by atoms with van der Waals surface area (Å²) in [4.78, 5) is 6.90. The zero-order valence-corrected chi connectivity index (χ0v) is 14.0. The van der Waals surface area contributed by atoms with Crippen molar-refractivity contribution < 1.29 is 4.42 Å². The van der Waals surface area contributed by atoms with Crippen molar-refractivity contribution in [2.45, 2.75) is 31.8 Å². The normalized spacial score (nSPS) is 17.6. The van der Waals surface area contributed by atoms with E-state index in [4.69, 9.17) is 10.2 Å². The summed E-state index contributed by atoms with van der Waals surface area (Å²) in [5.74, 6) is 1.47. The third-order valence-electron chi connectivity index (χ3n) is 4.45. The molecule has 2 aromatic rings. The van der Waals surface area contributed by atoms with E-state index in [0.717, 1.165) is 24.4 Å². The summed E-state index contributed by atoms with van der Waals surface area (Å²) in [6, 6.07) is 14.3. The number of hydrogen-bond acceptors (Lipinski definition) is 3. The molecule has 1 atom stereocenters. The van der Waals surface area contributed by atoms with Gasteiger partial charge in [-0.2, -0.15) is 0 Å². The molecule has 128 valence electrons. The van der Waals surface area contributed by atoms with Crippen LogP contribution in [-0.2, 0) is 6.54 Å². The quantitative estimate of drug-likeness (QED) is 0.633. The van der Waals surface area contributed by atoms with Gasteiger partial charge < -0.3 is 15.5 Å². The van der Waals surface area contributed by atoms with Crippen molar-refractivity contribution in [2.75, 3.05) is 19.6 Å². The molecule has 1 aromatic carbocycles. The molecule has 2 heterocycles. The largest absolute Gasteiger partial charge is 0.468 e. The number of nitrogens with one attached hydrogen (secondary N) is 1. The van der Waals surface area contributed by atoms with Crippen molar-refractivity contribution in [3.05, 3.63) is 60.1 Å². The van der Waals surface area contributed by atoms with E-state index in [-0.39, 0.29) is 6.04 Å². The van der Waals surface area contributed by atoms with Crippen molar-refractivity contribution in [3.8, 4) is 0 Å². The molecule has 3 N–H and O–H groups in total. The van der Waals surface area contributed by atoms with Gasteiger partial charge in [0.15, 0.2) is 5.96 Å². The number of rotatable bonds is 6. The fraction of sp³-hybridized carbons (Fsp3) is 0.421. The predicted molar refractivity (Wildman–Crippen MR) is 96.6 cm³/mol. The first-order valence-electron chi connectivity index (χ1n) is 8.68. The van der Waals surface area contributed by atoms with E-state index in [0.29, 0.717) is 19.0 Å². The third-order valence-corrected chi connectivity index (χ3v) is 4.45. The summed E-state index contributed by atoms with van der Waals surface area (Å²) >= 11 is 0. The highest BCUT2D eigenvalue weighted by Gasteiger charge is 2.24. The molecule has 0 amide bonds. The Morgan fingerprint density at radius 2 is 1.92 bits per heavy atom. The maximum absolute atomic E-state index is 6.04. The monoisotopic (exact) mass is 326 g/mol. The van der Waals surface area contributed by atoms with Crippen molar-refractivity contribution >= 4 is 5.96 Å². The molecule has 1 aliphatic heterocycles. The number of likely N-dealkylation sites (tertiary alicyclic amines) is 1. The molecule has 0 spiro atoms. The highest BCUT2D eigenvalue weighted by atomic mass is 16.3. The number of benzene rings is 1. The highest BCUT2D eigenvalue weighted by Crippen LogP contribution is 2.24. The molecule has 3 rings (SSSR count). The standard InChI is InChI=1S/C19H26N4O/c20-19(21-14-16-8-3-1-4-9-16)22-15-17(18-10-7-13-24-18)23-11-5-2-6-12-23/h1,3-4,7-10,13,17H,2,5-6,11-12,14-15H2,(H3,20,21,22). The van der Waals surface area contributed by atoms with E-state index in [2.05, 4.69) is 27.3 Å². The maximum Gasteiger partial charge on any atom is 0.188 e. The Hall–Kier alpha value is -2.27. The summed E-state index contributed by atoms with van der Waals surface area (Å²) in [5.41, 5.74) is 7.20. The topological polar surface area (TPSA) is 66.8 Å². The van der Waals surface area contributed by atoms with Gasteiger partial charge in [0.2, 0.25) is 0 Å². The van der Waals surface area contributed by atoms with Crippen LogP contribution in [0.25, 0.3) is 0 Å². The smallest absolute Gasteiger partial charge is 0.188 e. The van der Waals surface area contributed by atoms with E-state index < -0.39 is 0 Å². The lowest BCUT2D eigenvalue weighted by Gasteiger charge is -2.33. The second kappa shape index (κ2) is 8.55. The van der Waals surface area contributed by atoms with Crippen LogP contribution in [-0.4, -0.2) is 30.5 Å². The molecule has 0 radical (unpaired) electrons. The second-order valence-corrected chi connectivity index (χ2v) is 6.20. The van der Waals surface area contributed by atoms with Gasteiger partial charge in [-0.15, -0.1) is 0 Å². The molecule has 1 aliphatic rings. The van der Waals surface area contributed by atoms with Crippen LogP contribution in [0.3, 0.4) is 0 Å². The molecule has 5 heteroatoms. The lowest BCUT2D eigenvalue weighted by molar-refractivity contribution is 0.146. The average molecular weight is 326 g/mol. The van der Waals surface area contributed by atoms with E-state index >= 15 is 0 Å². The van der Waals surface area contributed by atoms with Crippen LogP contribution in [0.4, 0.5) is 0 Å². The highest BCUT2D eigenvalue weighted by molar-refractivity contribution is 5.77. The Morgan fingerprint density at radius 1 is 1.12 bits per heavy atom. The molecule has 0 bridgehead atoms. The van der Waals surface area contributed by atoms with Crippen LogP contribution < -0.4 is 11.1 Å². The van der Waals surface area contributed by atoms with Gasteiger partial charge in [-0.3, -0.25) is 4.90 Å². The minimum atomic E-state index is 0.200. The number of furan rings is 1. The lowest BCUT2D eigenvalue weighted by Crippen LogP contribution is -2.42. The Bertz CT molecular complexity index is 618. The first-order chi connectivity index (χ1) is 11.8. The number of guanidine groups is 1. The maximum atomic E-state index is 6.04. The molecular formula is C19H26N4O. The third kappa shape index (κ3) is 4.61. The summed E-state index contributed by atoms with van der Waals surface area (Å²) in [6.07, 6.45) is 5.54. The molecular weight excluding hydrogens is 300 g/mol. The van der Waals surface area contributed by atoms with Crippen LogP contribution >= 0.6 is 0 Å². The van der Waals surface area contributed by atoms with Crippen molar-refractivity contribution in [3.63, 3.8) is 0 Å². The van der Waals surface area contributed by atoms with Gasteiger partial charge in [0.1, 0.15) is 5.76 Å². The molecule has 1 saturated heterocycles. The molecule has 5 nitrogen and oxygen atoms in total. The van der Waals surface area contributed by atoms with Crippen LogP contribution in [0.15, 0.2) is 58.1 Å². The van der Waals surface area contributed by atoms with Gasteiger partial charge >= 0.3 is 0 Å². The van der Waals surface area contributed by atoms with Crippen LogP contribution in [0.2, 0.25) is 0 Å². The van der Waals surface area contributed by atoms with Crippen molar-refractivity contribution in [1.29, 1.82) is 0 Å². The van der Waals surface area contributed by atoms with Crippen LogP contribution in [0.1, 0.15) is 36.6 Å². The molecule has 1 aromatic heterocycles. The predicted octanol–water partition coefficient (Wildman–Crippen LogP) is 2.91. The fourth-order valence-electron chi connectivity index (χ4n) is 3.14. The van der Waals surface area contributed by atoms with Gasteiger partial charge in [-0.25, -0.2) is 4.99 Å². The zero-order valence-electron chi connectivity index (χ0n) is 14.0. The van der Waals surface area contributed by atoms with Gasteiger partial charge in [-0.1, -0.05) is 36.8 Å². The summed E-state index contributed by atoms with van der Waals surface area (Å²) < 4.78 is 5.65. The van der Waals surface area contributed by atoms with Crippen molar-refractivity contribution in [1.82, 2.24) is 10.2 Å². The zero-order chi connectivity index (χ0) is 16.6. The Balaban J connectivity index is 1.58. The Kier molecular flexibility index (Phi) is 5.90. The van der Waals surface area contributed by atoms with Crippen LogP contribution in [0, 0.1) is 0 Å². The minimum absolute atomic E-state index is 0.200. The molecule has 1 unspecified atom stereocenters. The number of piperidine rings is 1. The SMILES string of the molecule is NC(=NCc1ccccc1)NCC(c1ccco1)N1CCCCC1. The average Bonchev–Trinajstić information content (AvgIpc) is 3.16. The van der Waals surface area contributed by atoms with E-state index in [9.17, 15) is 0 Å². The lowest BCUT2D eigenvalue weighted by atomic mass is 10.1. The first-order valence-corrected chi connectivity index (χ1v) is 8.68. The summed E-state index contributed by atoms with van der Waals surface area (Å²) in [5, 5.41) is 3.26. The van der Waals surface area contributed by atoms with Gasteiger partial charge in [0.05, 0.1) is 18.8 Å². The first kappa shape index (κ1) is 16.6.